The van der Waals surface area contributed by atoms with Crippen LogP contribution in [0.5, 0.6) is 0 Å². The standard InChI is InChI=1S/C14H19F5N2O4/c15-12(16)25-7-10-5-8(6-21(10)13(23)24)11(22)20-3-1-9(2-4-20)14(17,18)19/h8-10,12H,1-7H2,(H,23,24)/t8-,10-/m0/s1. The summed E-state index contributed by atoms with van der Waals surface area (Å²) < 4.78 is 66.4. The van der Waals surface area contributed by atoms with Gasteiger partial charge < -0.3 is 19.6 Å². The van der Waals surface area contributed by atoms with Gasteiger partial charge in [-0.3, -0.25) is 4.79 Å². The van der Waals surface area contributed by atoms with E-state index in [1.165, 1.54) is 4.90 Å². The lowest BCUT2D eigenvalue weighted by Gasteiger charge is -2.34. The first kappa shape index (κ1) is 19.7. The van der Waals surface area contributed by atoms with E-state index in [0.29, 0.717) is 0 Å². The predicted octanol–water partition coefficient (Wildman–Crippen LogP) is 2.40. The maximum absolute atomic E-state index is 12.7. The number of amides is 2. The zero-order valence-corrected chi connectivity index (χ0v) is 13.2. The molecule has 2 aliphatic rings. The highest BCUT2D eigenvalue weighted by Crippen LogP contribution is 2.35. The molecular formula is C14H19F5N2O4. The summed E-state index contributed by atoms with van der Waals surface area (Å²) in [6.45, 7) is -3.86. The third kappa shape index (κ3) is 4.93. The van der Waals surface area contributed by atoms with Crippen LogP contribution in [0.3, 0.4) is 0 Å². The van der Waals surface area contributed by atoms with Crippen molar-refractivity contribution in [1.82, 2.24) is 9.80 Å². The number of hydrogen-bond acceptors (Lipinski definition) is 3. The molecule has 2 saturated heterocycles. The first-order chi connectivity index (χ1) is 11.6. The van der Waals surface area contributed by atoms with Crippen LogP contribution in [0.25, 0.3) is 0 Å². The number of carboxylic acid groups (broad SMARTS) is 1. The predicted molar refractivity (Wildman–Crippen MR) is 73.9 cm³/mol. The number of carbonyl (C=O) groups is 2. The van der Waals surface area contributed by atoms with Crippen LogP contribution in [0.15, 0.2) is 0 Å². The molecule has 0 aromatic heterocycles. The summed E-state index contributed by atoms with van der Waals surface area (Å²) in [5.41, 5.74) is 0. The molecule has 2 aliphatic heterocycles. The zero-order valence-electron chi connectivity index (χ0n) is 13.2. The minimum atomic E-state index is -4.29. The Morgan fingerprint density at radius 1 is 1.20 bits per heavy atom. The van der Waals surface area contributed by atoms with E-state index in [9.17, 15) is 31.5 Å². The molecule has 2 heterocycles. The maximum atomic E-state index is 12.7. The number of rotatable bonds is 4. The number of piperidine rings is 1. The molecule has 1 N–H and O–H groups in total. The van der Waals surface area contributed by atoms with Crippen molar-refractivity contribution in [2.45, 2.75) is 38.1 Å². The number of carbonyl (C=O) groups excluding carboxylic acids is 1. The average molecular weight is 374 g/mol. The van der Waals surface area contributed by atoms with Crippen molar-refractivity contribution < 1.29 is 41.4 Å². The second kappa shape index (κ2) is 7.71. The minimum absolute atomic E-state index is 0.0110. The van der Waals surface area contributed by atoms with Crippen LogP contribution in [-0.2, 0) is 9.53 Å². The molecule has 6 nitrogen and oxygen atoms in total. The van der Waals surface area contributed by atoms with E-state index in [1.807, 2.05) is 0 Å². The molecule has 25 heavy (non-hydrogen) atoms. The Balaban J connectivity index is 1.93. The zero-order chi connectivity index (χ0) is 18.8. The molecule has 2 fully saturated rings. The van der Waals surface area contributed by atoms with Gasteiger partial charge in [0.2, 0.25) is 5.91 Å². The van der Waals surface area contributed by atoms with Crippen molar-refractivity contribution in [3.63, 3.8) is 0 Å². The maximum Gasteiger partial charge on any atom is 0.407 e. The molecule has 0 saturated carbocycles. The van der Waals surface area contributed by atoms with E-state index in [-0.39, 0.29) is 38.9 Å². The molecule has 0 unspecified atom stereocenters. The van der Waals surface area contributed by atoms with Crippen molar-refractivity contribution in [3.05, 3.63) is 0 Å². The van der Waals surface area contributed by atoms with Gasteiger partial charge in [0.15, 0.2) is 0 Å². The van der Waals surface area contributed by atoms with Crippen molar-refractivity contribution in [2.24, 2.45) is 11.8 Å². The summed E-state index contributed by atoms with van der Waals surface area (Å²) >= 11 is 0. The van der Waals surface area contributed by atoms with Gasteiger partial charge in [0.1, 0.15) is 0 Å². The lowest BCUT2D eigenvalue weighted by Crippen LogP contribution is -2.45. The molecule has 2 atom stereocenters. The average Bonchev–Trinajstić information content (AvgIpc) is 2.96. The van der Waals surface area contributed by atoms with E-state index in [2.05, 4.69) is 4.74 Å². The third-order valence-corrected chi connectivity index (χ3v) is 4.69. The Morgan fingerprint density at radius 3 is 2.28 bits per heavy atom. The molecule has 2 amide bonds. The Labute approximate surface area is 140 Å². The number of hydrogen-bond donors (Lipinski definition) is 1. The summed E-state index contributed by atoms with van der Waals surface area (Å²) in [6, 6.07) is -0.881. The highest BCUT2D eigenvalue weighted by molar-refractivity contribution is 5.80. The van der Waals surface area contributed by atoms with Crippen LogP contribution < -0.4 is 0 Å². The van der Waals surface area contributed by atoms with Gasteiger partial charge in [0.05, 0.1) is 24.5 Å². The quantitative estimate of drug-likeness (QED) is 0.768. The highest BCUT2D eigenvalue weighted by Gasteiger charge is 2.44. The fraction of sp³-hybridized carbons (Fsp3) is 0.857. The molecule has 2 rings (SSSR count). The molecule has 0 aliphatic carbocycles. The van der Waals surface area contributed by atoms with Crippen LogP contribution >= 0.6 is 0 Å². The smallest absolute Gasteiger partial charge is 0.407 e. The van der Waals surface area contributed by atoms with Gasteiger partial charge in [0, 0.05) is 19.6 Å². The van der Waals surface area contributed by atoms with E-state index in [1.54, 1.807) is 0 Å². The van der Waals surface area contributed by atoms with Gasteiger partial charge in [-0.1, -0.05) is 0 Å². The Kier molecular flexibility index (Phi) is 6.07. The van der Waals surface area contributed by atoms with Gasteiger partial charge in [-0.05, 0) is 19.3 Å². The van der Waals surface area contributed by atoms with Crippen molar-refractivity contribution >= 4 is 12.0 Å². The van der Waals surface area contributed by atoms with Crippen LogP contribution in [0, 0.1) is 11.8 Å². The van der Waals surface area contributed by atoms with Gasteiger partial charge in [-0.15, -0.1) is 0 Å². The lowest BCUT2D eigenvalue weighted by atomic mass is 9.94. The number of alkyl halides is 5. The van der Waals surface area contributed by atoms with Crippen molar-refractivity contribution in [3.8, 4) is 0 Å². The van der Waals surface area contributed by atoms with Gasteiger partial charge >= 0.3 is 18.9 Å². The molecule has 0 radical (unpaired) electrons. The van der Waals surface area contributed by atoms with Crippen molar-refractivity contribution in [1.29, 1.82) is 0 Å². The van der Waals surface area contributed by atoms with Gasteiger partial charge in [-0.25, -0.2) is 4.79 Å². The third-order valence-electron chi connectivity index (χ3n) is 4.69. The first-order valence-electron chi connectivity index (χ1n) is 7.84. The Hall–Kier alpha value is -1.65. The summed E-state index contributed by atoms with van der Waals surface area (Å²) in [5.74, 6) is -2.64. The number of halogens is 5. The van der Waals surface area contributed by atoms with Crippen molar-refractivity contribution in [2.75, 3.05) is 26.2 Å². The summed E-state index contributed by atoms with van der Waals surface area (Å²) in [7, 11) is 0. The molecule has 0 spiro atoms. The van der Waals surface area contributed by atoms with Gasteiger partial charge in [0.25, 0.3) is 0 Å². The van der Waals surface area contributed by atoms with E-state index >= 15 is 0 Å². The fourth-order valence-electron chi connectivity index (χ4n) is 3.36. The van der Waals surface area contributed by atoms with E-state index in [4.69, 9.17) is 5.11 Å². The molecule has 11 heteroatoms. The molecule has 144 valence electrons. The second-order valence-corrected chi connectivity index (χ2v) is 6.26. The van der Waals surface area contributed by atoms with E-state index < -0.39 is 49.3 Å². The molecule has 0 bridgehead atoms. The monoisotopic (exact) mass is 374 g/mol. The van der Waals surface area contributed by atoms with E-state index in [0.717, 1.165) is 4.90 Å². The number of likely N-dealkylation sites (tertiary alicyclic amines) is 2. The fourth-order valence-corrected chi connectivity index (χ4v) is 3.36. The van der Waals surface area contributed by atoms with Crippen LogP contribution in [-0.4, -0.2) is 72.0 Å². The highest BCUT2D eigenvalue weighted by atomic mass is 19.4. The summed E-state index contributed by atoms with van der Waals surface area (Å²) in [6.07, 6.45) is -6.02. The first-order valence-corrected chi connectivity index (χ1v) is 7.84. The SMILES string of the molecule is O=C([C@H]1C[C@@H](COC(F)F)N(C(=O)O)C1)N1CCC(C(F)(F)F)CC1. The summed E-state index contributed by atoms with van der Waals surface area (Å²) in [5, 5.41) is 9.12. The Bertz CT molecular complexity index is 494. The van der Waals surface area contributed by atoms with Crippen LogP contribution in [0.2, 0.25) is 0 Å². The normalized spacial score (nSPS) is 25.7. The Morgan fingerprint density at radius 2 is 1.80 bits per heavy atom. The topological polar surface area (TPSA) is 70.1 Å². The molecule has 0 aromatic carbocycles. The lowest BCUT2D eigenvalue weighted by molar-refractivity contribution is -0.186. The number of ether oxygens (including phenoxy) is 1. The minimum Gasteiger partial charge on any atom is -0.465 e. The van der Waals surface area contributed by atoms with Gasteiger partial charge in [-0.2, -0.15) is 22.0 Å². The molecular weight excluding hydrogens is 355 g/mol. The second-order valence-electron chi connectivity index (χ2n) is 6.26. The van der Waals surface area contributed by atoms with Crippen LogP contribution in [0.4, 0.5) is 26.7 Å². The largest absolute Gasteiger partial charge is 0.465 e. The number of nitrogens with zero attached hydrogens (tertiary/aromatic N) is 2. The van der Waals surface area contributed by atoms with Crippen LogP contribution in [0.1, 0.15) is 19.3 Å². The molecule has 0 aromatic rings. The summed E-state index contributed by atoms with van der Waals surface area (Å²) in [4.78, 5) is 25.8.